The Kier molecular flexibility index (Phi) is 7.41. The minimum absolute atomic E-state index is 0. The number of imidazole rings is 1. The Balaban J connectivity index is 0.00000361. The number of hydrogen-bond donors (Lipinski definition) is 0. The third-order valence-corrected chi connectivity index (χ3v) is 14.3. The first-order valence-corrected chi connectivity index (χ1v) is 20.8. The minimum Gasteiger partial charge on any atom is -0.503 e. The SMILES string of the molecule is C[Si]1(C)c2cc3c4ccccc4n(-c4ccccc4)c3cc2N(c2[c-]c(Oc3[c-]c4c(cc3)c3ccccc3n3ccnc43)ccc2)c2ncccc21.[Pt+2]. The van der Waals surface area contributed by atoms with Crippen LogP contribution in [0.4, 0.5) is 17.2 Å². The maximum atomic E-state index is 6.57. The van der Waals surface area contributed by atoms with Gasteiger partial charge in [0.15, 0.2) is 0 Å². The number of hydrogen-bond acceptors (Lipinski definition) is 4. The summed E-state index contributed by atoms with van der Waals surface area (Å²) in [7, 11) is -2.19. The van der Waals surface area contributed by atoms with Crippen molar-refractivity contribution in [3.63, 3.8) is 0 Å². The van der Waals surface area contributed by atoms with Gasteiger partial charge in [-0.2, -0.15) is 6.07 Å². The zero-order chi connectivity index (χ0) is 35.3. The Morgan fingerprint density at radius 1 is 0.593 bits per heavy atom. The average Bonchev–Trinajstić information content (AvgIpc) is 3.82. The summed E-state index contributed by atoms with van der Waals surface area (Å²) < 4.78 is 11.1. The van der Waals surface area contributed by atoms with Crippen LogP contribution in [0.5, 0.6) is 11.5 Å². The molecule has 1 aliphatic heterocycles. The van der Waals surface area contributed by atoms with Gasteiger partial charge in [0.25, 0.3) is 0 Å². The number of benzene rings is 6. The second-order valence-electron chi connectivity index (χ2n) is 14.2. The van der Waals surface area contributed by atoms with Crippen LogP contribution >= 0.6 is 0 Å². The fraction of sp³-hybridized carbons (Fsp3) is 0.0435. The van der Waals surface area contributed by atoms with E-state index in [4.69, 9.17) is 14.7 Å². The van der Waals surface area contributed by atoms with Crippen LogP contribution in [0.3, 0.4) is 0 Å². The van der Waals surface area contributed by atoms with E-state index < -0.39 is 8.07 Å². The molecule has 0 unspecified atom stereocenters. The largest absolute Gasteiger partial charge is 2.00 e. The number of para-hydroxylation sites is 3. The van der Waals surface area contributed by atoms with Gasteiger partial charge in [-0.05, 0) is 52.2 Å². The van der Waals surface area contributed by atoms with E-state index >= 15 is 0 Å². The molecule has 54 heavy (non-hydrogen) atoms. The number of rotatable bonds is 4. The molecule has 8 heteroatoms. The topological polar surface area (TPSA) is 47.6 Å². The first-order valence-electron chi connectivity index (χ1n) is 17.8. The average molecular weight is 893 g/mol. The first-order chi connectivity index (χ1) is 26.0. The second-order valence-corrected chi connectivity index (χ2v) is 18.5. The van der Waals surface area contributed by atoms with E-state index in [-0.39, 0.29) is 21.1 Å². The first kappa shape index (κ1) is 32.6. The molecule has 0 fully saturated rings. The third-order valence-electron chi connectivity index (χ3n) is 10.8. The van der Waals surface area contributed by atoms with Crippen molar-refractivity contribution in [1.82, 2.24) is 18.9 Å². The summed E-state index contributed by atoms with van der Waals surface area (Å²) in [4.78, 5) is 12.0. The van der Waals surface area contributed by atoms with E-state index in [0.717, 1.165) is 55.7 Å². The molecule has 0 atom stereocenters. The van der Waals surface area contributed by atoms with E-state index in [1.807, 2.05) is 36.8 Å². The van der Waals surface area contributed by atoms with Gasteiger partial charge in [0, 0.05) is 57.8 Å². The molecule has 10 aromatic rings. The van der Waals surface area contributed by atoms with Crippen LogP contribution in [0.25, 0.3) is 54.8 Å². The summed E-state index contributed by atoms with van der Waals surface area (Å²) in [6, 6.07) is 54.2. The van der Waals surface area contributed by atoms with Gasteiger partial charge in [-0.25, -0.2) is 4.98 Å². The Labute approximate surface area is 327 Å². The van der Waals surface area contributed by atoms with Crippen molar-refractivity contribution in [2.75, 3.05) is 4.90 Å². The molecule has 0 spiro atoms. The van der Waals surface area contributed by atoms with Crippen LogP contribution in [0.1, 0.15) is 0 Å². The van der Waals surface area contributed by atoms with Gasteiger partial charge in [-0.15, -0.1) is 30.3 Å². The molecule has 1 aliphatic rings. The van der Waals surface area contributed by atoms with E-state index in [1.165, 1.54) is 26.7 Å². The maximum absolute atomic E-state index is 6.57. The van der Waals surface area contributed by atoms with Crippen molar-refractivity contribution in [2.45, 2.75) is 13.1 Å². The van der Waals surface area contributed by atoms with Crippen molar-refractivity contribution in [3.8, 4) is 17.2 Å². The Hall–Kier alpha value is -6.01. The van der Waals surface area contributed by atoms with E-state index in [9.17, 15) is 0 Å². The third kappa shape index (κ3) is 4.75. The summed E-state index contributed by atoms with van der Waals surface area (Å²) >= 11 is 0. The van der Waals surface area contributed by atoms with Crippen molar-refractivity contribution < 1.29 is 25.8 Å². The molecule has 0 saturated heterocycles. The van der Waals surface area contributed by atoms with Crippen LogP contribution in [-0.2, 0) is 21.1 Å². The van der Waals surface area contributed by atoms with Gasteiger partial charge in [0.1, 0.15) is 13.9 Å². The number of ether oxygens (including phenoxy) is 1. The number of aromatic nitrogens is 4. The zero-order valence-corrected chi connectivity index (χ0v) is 32.7. The molecule has 0 bridgehead atoms. The molecular weight excluding hydrogens is 862 g/mol. The minimum atomic E-state index is -2.19. The molecule has 0 amide bonds. The molecule has 6 aromatic carbocycles. The Morgan fingerprint density at radius 3 is 2.20 bits per heavy atom. The number of nitrogens with zero attached hydrogens (tertiary/aromatic N) is 5. The molecule has 0 aliphatic carbocycles. The Morgan fingerprint density at radius 2 is 1.35 bits per heavy atom. The number of anilines is 3. The molecule has 0 radical (unpaired) electrons. The van der Waals surface area contributed by atoms with Crippen LogP contribution in [0, 0.1) is 12.1 Å². The molecule has 0 saturated carbocycles. The number of pyridine rings is 2. The molecule has 6 nitrogen and oxygen atoms in total. The predicted octanol–water partition coefficient (Wildman–Crippen LogP) is 10.1. The second kappa shape index (κ2) is 12.3. The number of fused-ring (bicyclic) bond motifs is 11. The summed E-state index contributed by atoms with van der Waals surface area (Å²) in [5.74, 6) is 2.14. The van der Waals surface area contributed by atoms with E-state index in [1.54, 1.807) is 0 Å². The van der Waals surface area contributed by atoms with Crippen molar-refractivity contribution >= 4 is 84.8 Å². The van der Waals surface area contributed by atoms with Gasteiger partial charge in [0.2, 0.25) is 0 Å². The van der Waals surface area contributed by atoms with Crippen LogP contribution in [-0.4, -0.2) is 27.0 Å². The molecule has 260 valence electrons. The van der Waals surface area contributed by atoms with E-state index in [2.05, 4.69) is 154 Å². The quantitative estimate of drug-likeness (QED) is 0.100. The molecule has 4 aromatic heterocycles. The van der Waals surface area contributed by atoms with Gasteiger partial charge >= 0.3 is 21.1 Å². The monoisotopic (exact) mass is 892 g/mol. The van der Waals surface area contributed by atoms with Crippen molar-refractivity contribution in [2.24, 2.45) is 0 Å². The van der Waals surface area contributed by atoms with E-state index in [0.29, 0.717) is 11.5 Å². The van der Waals surface area contributed by atoms with Gasteiger partial charge in [-0.3, -0.25) is 4.98 Å². The Bertz CT molecular complexity index is 3100. The smallest absolute Gasteiger partial charge is 0.503 e. The fourth-order valence-corrected chi connectivity index (χ4v) is 11.3. The molecule has 11 rings (SSSR count). The maximum Gasteiger partial charge on any atom is 2.00 e. The van der Waals surface area contributed by atoms with Crippen molar-refractivity contribution in [1.29, 1.82) is 0 Å². The van der Waals surface area contributed by atoms with Gasteiger partial charge < -0.3 is 18.6 Å². The van der Waals surface area contributed by atoms with Gasteiger partial charge in [0.05, 0.1) is 16.7 Å². The summed E-state index contributed by atoms with van der Waals surface area (Å²) in [5, 5.41) is 8.29. The normalized spacial score (nSPS) is 13.3. The summed E-state index contributed by atoms with van der Waals surface area (Å²) in [5.41, 5.74) is 7.41. The molecule has 0 N–H and O–H groups in total. The molecule has 5 heterocycles. The summed E-state index contributed by atoms with van der Waals surface area (Å²) in [6.07, 6.45) is 5.72. The van der Waals surface area contributed by atoms with Gasteiger partial charge in [-0.1, -0.05) is 102 Å². The van der Waals surface area contributed by atoms with Crippen molar-refractivity contribution in [3.05, 3.63) is 164 Å². The van der Waals surface area contributed by atoms with Crippen LogP contribution < -0.4 is 20.0 Å². The fourth-order valence-electron chi connectivity index (χ4n) is 8.38. The predicted molar refractivity (Wildman–Crippen MR) is 218 cm³/mol. The summed E-state index contributed by atoms with van der Waals surface area (Å²) in [6.45, 7) is 4.87. The molecular formula is C46H31N5OPtSi. The standard InChI is InChI=1S/C46H31N5OSi.Pt/c1-53(2)43-20-11-23-47-46(43)51(42-29-41-37(28-44(42)53)36-17-7-9-19-40(36)50(41)30-12-4-3-5-13-30)31-14-10-15-32(26-31)52-33-21-22-34-35-16-6-8-18-39(35)49-25-24-48-45(49)38(34)27-33;/h3-25,28-29H,1-2H3;/q-2;+2. The van der Waals surface area contributed by atoms with Crippen LogP contribution in [0.15, 0.2) is 152 Å². The zero-order valence-electron chi connectivity index (χ0n) is 29.4. The van der Waals surface area contributed by atoms with Crippen LogP contribution in [0.2, 0.25) is 13.1 Å².